The molecular formula is C41H64N4O7S. The van der Waals surface area contributed by atoms with Crippen LogP contribution in [0, 0.1) is 29.6 Å². The molecule has 0 fully saturated rings. The summed E-state index contributed by atoms with van der Waals surface area (Å²) >= 11 is 1.21. The van der Waals surface area contributed by atoms with Gasteiger partial charge in [-0.25, -0.2) is 4.98 Å². The number of nitrogens with zero attached hydrogens (tertiary/aromatic N) is 3. The fraction of sp³-hybridized carbons (Fsp3) is 0.659. The Morgan fingerprint density at radius 2 is 1.57 bits per heavy atom. The Balaban J connectivity index is 2.47. The number of hydrogen-bond acceptors (Lipinski definition) is 10. The molecule has 0 unspecified atom stereocenters. The van der Waals surface area contributed by atoms with E-state index in [1.54, 1.807) is 15.2 Å². The molecule has 1 aromatic heterocycles. The number of aromatic nitrogens is 1. The molecule has 0 aliphatic heterocycles. The van der Waals surface area contributed by atoms with Crippen molar-refractivity contribution in [2.24, 2.45) is 29.6 Å². The molecule has 0 radical (unpaired) electrons. The maximum atomic E-state index is 14.6. The van der Waals surface area contributed by atoms with Crippen molar-refractivity contribution in [2.75, 3.05) is 27.4 Å². The molecule has 296 valence electrons. The van der Waals surface area contributed by atoms with Crippen LogP contribution in [0.3, 0.4) is 0 Å². The van der Waals surface area contributed by atoms with E-state index in [2.05, 4.69) is 24.1 Å². The van der Waals surface area contributed by atoms with Crippen molar-refractivity contribution in [3.05, 3.63) is 52.0 Å². The van der Waals surface area contributed by atoms with Gasteiger partial charge in [0.25, 0.3) is 5.91 Å². The number of hydrogen-bond donors (Lipinski definition) is 1. The van der Waals surface area contributed by atoms with Crippen molar-refractivity contribution in [1.29, 1.82) is 0 Å². The number of esters is 2. The molecular weight excluding hydrogens is 693 g/mol. The molecule has 0 aliphatic carbocycles. The van der Waals surface area contributed by atoms with Crippen LogP contribution >= 0.6 is 11.3 Å². The molecule has 12 heteroatoms. The van der Waals surface area contributed by atoms with E-state index in [-0.39, 0.29) is 79.6 Å². The molecule has 0 spiro atoms. The average Bonchev–Trinajstić information content (AvgIpc) is 3.55. The molecule has 2 aromatic rings. The fourth-order valence-electron chi connectivity index (χ4n) is 6.39. The van der Waals surface area contributed by atoms with Crippen molar-refractivity contribution in [1.82, 2.24) is 20.1 Å². The van der Waals surface area contributed by atoms with Gasteiger partial charge in [0.05, 0.1) is 6.54 Å². The van der Waals surface area contributed by atoms with Crippen LogP contribution < -0.4 is 5.32 Å². The standard InChI is InChI=1S/C41H64N4O7S/c1-12-29(8)34(21-33(47)23-44(10)11)41(50)45(25-51-38(48)19-27(4)5)36(28(6)7)22-37(52-30(9)46)40-43-35(24-53-40)39(49)42-32(18-26(2)3)20-31-16-14-13-15-17-31/h13-17,24,26-29,32,34,36-37H,12,18-23,25H2,1-11H3,(H,42,49)/t29-,32+,34-,36+,37+/m0/s1. The first-order chi connectivity index (χ1) is 24.9. The van der Waals surface area contributed by atoms with Crippen LogP contribution in [0.2, 0.25) is 0 Å². The molecule has 0 saturated heterocycles. The molecule has 1 N–H and O–H groups in total. The second kappa shape index (κ2) is 22.5. The monoisotopic (exact) mass is 756 g/mol. The van der Waals surface area contributed by atoms with Crippen LogP contribution in [-0.2, 0) is 35.1 Å². The summed E-state index contributed by atoms with van der Waals surface area (Å²) in [6, 6.07) is 9.33. The lowest BCUT2D eigenvalue weighted by Crippen LogP contribution is -2.50. The van der Waals surface area contributed by atoms with Gasteiger partial charge in [0.2, 0.25) is 5.91 Å². The second-order valence-corrected chi connectivity index (χ2v) is 16.6. The van der Waals surface area contributed by atoms with Crippen LogP contribution in [0.15, 0.2) is 35.7 Å². The number of rotatable bonds is 23. The minimum atomic E-state index is -0.888. The number of carbonyl (C=O) groups is 5. The lowest BCUT2D eigenvalue weighted by molar-refractivity contribution is -0.162. The van der Waals surface area contributed by atoms with Crippen LogP contribution in [-0.4, -0.2) is 83.8 Å². The number of likely N-dealkylation sites (N-methyl/N-ethyl adjacent to an activating group) is 1. The summed E-state index contributed by atoms with van der Waals surface area (Å²) in [4.78, 5) is 74.5. The number of nitrogens with one attached hydrogen (secondary N) is 1. The van der Waals surface area contributed by atoms with E-state index < -0.39 is 30.0 Å². The maximum absolute atomic E-state index is 14.6. The van der Waals surface area contributed by atoms with Gasteiger partial charge in [-0.1, -0.05) is 92.1 Å². The van der Waals surface area contributed by atoms with E-state index in [1.165, 1.54) is 18.3 Å². The van der Waals surface area contributed by atoms with Crippen molar-refractivity contribution >= 4 is 40.9 Å². The summed E-state index contributed by atoms with van der Waals surface area (Å²) in [7, 11) is 3.62. The summed E-state index contributed by atoms with van der Waals surface area (Å²) in [5.41, 5.74) is 1.34. The molecule has 5 atom stereocenters. The molecule has 0 aliphatic rings. The minimum absolute atomic E-state index is 0.0493. The second-order valence-electron chi connectivity index (χ2n) is 15.7. The molecule has 11 nitrogen and oxygen atoms in total. The highest BCUT2D eigenvalue weighted by Gasteiger charge is 2.38. The van der Waals surface area contributed by atoms with Gasteiger partial charge in [0, 0.05) is 49.6 Å². The summed E-state index contributed by atoms with van der Waals surface area (Å²) < 4.78 is 11.6. The quantitative estimate of drug-likeness (QED) is 0.0930. The Morgan fingerprint density at radius 3 is 2.11 bits per heavy atom. The summed E-state index contributed by atoms with van der Waals surface area (Å²) in [5, 5.41) is 5.24. The number of Topliss-reactive ketones (excluding diaryl/α,β-unsaturated/α-hetero) is 1. The van der Waals surface area contributed by atoms with E-state index in [4.69, 9.17) is 9.47 Å². The molecule has 1 aromatic carbocycles. The molecule has 0 bridgehead atoms. The SMILES string of the molecule is CC[C@H](C)[C@H](CC(=O)CN(C)C)C(=O)N(COC(=O)CC(C)C)[C@H](C[C@@H](OC(C)=O)c1nc(C(=O)N[C@@H](Cc2ccccc2)CC(C)C)cs1)C(C)C. The topological polar surface area (TPSA) is 135 Å². The molecule has 2 amide bonds. The van der Waals surface area contributed by atoms with Gasteiger partial charge in [-0.15, -0.1) is 11.3 Å². The third-order valence-corrected chi connectivity index (χ3v) is 10.1. The highest BCUT2D eigenvalue weighted by Crippen LogP contribution is 2.33. The summed E-state index contributed by atoms with van der Waals surface area (Å²) in [5.74, 6) is -2.15. The Hall–Kier alpha value is -3.64. The van der Waals surface area contributed by atoms with Gasteiger partial charge < -0.3 is 24.6 Å². The first kappa shape index (κ1) is 45.5. The van der Waals surface area contributed by atoms with Crippen molar-refractivity contribution < 1.29 is 33.4 Å². The first-order valence-corrected chi connectivity index (χ1v) is 19.9. The smallest absolute Gasteiger partial charge is 0.307 e. The fourth-order valence-corrected chi connectivity index (χ4v) is 7.23. The van der Waals surface area contributed by atoms with E-state index >= 15 is 0 Å². The third kappa shape index (κ3) is 16.1. The van der Waals surface area contributed by atoms with Crippen LogP contribution in [0.4, 0.5) is 0 Å². The van der Waals surface area contributed by atoms with E-state index in [1.807, 2.05) is 86.0 Å². The Bertz CT molecular complexity index is 1460. The number of benzene rings is 1. The van der Waals surface area contributed by atoms with E-state index in [9.17, 15) is 24.0 Å². The highest BCUT2D eigenvalue weighted by molar-refractivity contribution is 7.09. The Kier molecular flexibility index (Phi) is 19.4. The maximum Gasteiger partial charge on any atom is 0.307 e. The van der Waals surface area contributed by atoms with Crippen LogP contribution in [0.25, 0.3) is 0 Å². The van der Waals surface area contributed by atoms with Gasteiger partial charge >= 0.3 is 11.9 Å². The van der Waals surface area contributed by atoms with Gasteiger partial charge in [-0.3, -0.25) is 24.0 Å². The van der Waals surface area contributed by atoms with Crippen molar-refractivity contribution in [2.45, 2.75) is 119 Å². The average molecular weight is 757 g/mol. The number of carbonyl (C=O) groups excluding carboxylic acids is 5. The van der Waals surface area contributed by atoms with Gasteiger partial charge in [-0.05, 0) is 56.2 Å². The lowest BCUT2D eigenvalue weighted by atomic mass is 9.85. The van der Waals surface area contributed by atoms with E-state index in [0.29, 0.717) is 23.8 Å². The number of amides is 2. The molecule has 53 heavy (non-hydrogen) atoms. The van der Waals surface area contributed by atoms with Gasteiger partial charge in [-0.2, -0.15) is 0 Å². The zero-order valence-electron chi connectivity index (χ0n) is 33.8. The third-order valence-electron chi connectivity index (χ3n) is 9.19. The molecule has 1 heterocycles. The van der Waals surface area contributed by atoms with E-state index in [0.717, 1.165) is 12.0 Å². The minimum Gasteiger partial charge on any atom is -0.455 e. The lowest BCUT2D eigenvalue weighted by Gasteiger charge is -2.38. The van der Waals surface area contributed by atoms with Crippen molar-refractivity contribution in [3.63, 3.8) is 0 Å². The number of ketones is 1. The Labute approximate surface area is 321 Å². The Morgan fingerprint density at radius 1 is 0.906 bits per heavy atom. The van der Waals surface area contributed by atoms with Crippen LogP contribution in [0.5, 0.6) is 0 Å². The molecule has 0 saturated carbocycles. The van der Waals surface area contributed by atoms with Gasteiger partial charge in [0.1, 0.15) is 16.5 Å². The van der Waals surface area contributed by atoms with Crippen LogP contribution in [0.1, 0.15) is 122 Å². The normalized spacial score (nSPS) is 14.5. The zero-order chi connectivity index (χ0) is 39.8. The first-order valence-electron chi connectivity index (χ1n) is 19.0. The van der Waals surface area contributed by atoms with Crippen molar-refractivity contribution in [3.8, 4) is 0 Å². The predicted octanol–water partition coefficient (Wildman–Crippen LogP) is 7.11. The molecule has 2 rings (SSSR count). The number of ether oxygens (including phenoxy) is 2. The largest absolute Gasteiger partial charge is 0.455 e. The highest BCUT2D eigenvalue weighted by atomic mass is 32.1. The summed E-state index contributed by atoms with van der Waals surface area (Å²) in [6.07, 6.45) is 1.62. The van der Waals surface area contributed by atoms with Gasteiger partial charge in [0.15, 0.2) is 12.8 Å². The summed E-state index contributed by atoms with van der Waals surface area (Å²) in [6.45, 7) is 17.1. The zero-order valence-corrected chi connectivity index (χ0v) is 34.7. The predicted molar refractivity (Wildman–Crippen MR) is 209 cm³/mol. The number of thiazole rings is 1.